The molecule has 2 aromatic heterocycles. The predicted molar refractivity (Wildman–Crippen MR) is 80.8 cm³/mol. The summed E-state index contributed by atoms with van der Waals surface area (Å²) in [5.41, 5.74) is 7.44. The van der Waals surface area contributed by atoms with Crippen molar-refractivity contribution in [3.05, 3.63) is 40.1 Å². The quantitative estimate of drug-likeness (QED) is 0.773. The Kier molecular flexibility index (Phi) is 3.25. The van der Waals surface area contributed by atoms with E-state index in [1.807, 2.05) is 6.92 Å². The smallest absolute Gasteiger partial charge is 0.262 e. The summed E-state index contributed by atoms with van der Waals surface area (Å²) in [6.45, 7) is 4.75. The zero-order valence-electron chi connectivity index (χ0n) is 12.0. The number of nitrogens with zero attached hydrogens (tertiary/aromatic N) is 2. The lowest BCUT2D eigenvalue weighted by Crippen LogP contribution is -2.27. The van der Waals surface area contributed by atoms with Gasteiger partial charge in [-0.1, -0.05) is 6.92 Å². The molecule has 1 unspecified atom stereocenters. The molecule has 3 N–H and O–H groups in total. The predicted octanol–water partition coefficient (Wildman–Crippen LogP) is 1.92. The number of aromatic amines is 1. The molecule has 110 valence electrons. The van der Waals surface area contributed by atoms with Crippen LogP contribution in [0.3, 0.4) is 0 Å². The number of nitrogens with two attached hydrogens (primary N) is 1. The molecular formula is C15H17FN4O. The molecule has 21 heavy (non-hydrogen) atoms. The maximum absolute atomic E-state index is 13.6. The summed E-state index contributed by atoms with van der Waals surface area (Å²) in [6, 6.07) is 4.40. The number of aryl methyl sites for hydroxylation is 1. The van der Waals surface area contributed by atoms with E-state index in [2.05, 4.69) is 10.2 Å². The van der Waals surface area contributed by atoms with Crippen molar-refractivity contribution in [3.8, 4) is 0 Å². The highest BCUT2D eigenvalue weighted by Gasteiger charge is 2.16. The van der Waals surface area contributed by atoms with Crippen LogP contribution in [-0.2, 0) is 6.54 Å². The molecular weight excluding hydrogens is 271 g/mol. The summed E-state index contributed by atoms with van der Waals surface area (Å²) in [6.07, 6.45) is 0. The largest absolute Gasteiger partial charge is 0.330 e. The molecule has 0 aliphatic rings. The van der Waals surface area contributed by atoms with Crippen molar-refractivity contribution >= 4 is 21.8 Å². The Bertz CT molecular complexity index is 881. The number of pyridine rings is 1. The number of fused-ring (bicyclic) bond motifs is 3. The Morgan fingerprint density at radius 3 is 2.95 bits per heavy atom. The Hall–Kier alpha value is -2.21. The van der Waals surface area contributed by atoms with E-state index in [0.29, 0.717) is 40.6 Å². The van der Waals surface area contributed by atoms with Crippen LogP contribution in [0, 0.1) is 18.7 Å². The van der Waals surface area contributed by atoms with Gasteiger partial charge in [-0.2, -0.15) is 5.10 Å². The first-order valence-electron chi connectivity index (χ1n) is 6.89. The number of nitrogens with one attached hydrogen (secondary N) is 1. The molecule has 3 aromatic rings. The number of rotatable bonds is 3. The van der Waals surface area contributed by atoms with Crippen LogP contribution in [0.25, 0.3) is 21.8 Å². The summed E-state index contributed by atoms with van der Waals surface area (Å²) < 4.78 is 15.3. The molecule has 0 aliphatic carbocycles. The van der Waals surface area contributed by atoms with E-state index in [0.717, 1.165) is 0 Å². The first-order chi connectivity index (χ1) is 10.0. The van der Waals surface area contributed by atoms with Crippen LogP contribution in [0.2, 0.25) is 0 Å². The van der Waals surface area contributed by atoms with Gasteiger partial charge in [-0.15, -0.1) is 0 Å². The van der Waals surface area contributed by atoms with Crippen molar-refractivity contribution in [2.45, 2.75) is 20.4 Å². The van der Waals surface area contributed by atoms with Gasteiger partial charge < -0.3 is 10.3 Å². The standard InChI is InChI=1S/C15H17FN4O/c1-8(6-17)7-20-12-4-3-10(16)5-11(12)14-13(15(20)21)9(2)18-19-14/h3-5,8H,6-7,17H2,1-2H3,(H,18,19). The average Bonchev–Trinajstić information content (AvgIpc) is 2.85. The monoisotopic (exact) mass is 288 g/mol. The number of H-pyrrole nitrogens is 1. The third-order valence-corrected chi connectivity index (χ3v) is 3.81. The first kappa shape index (κ1) is 13.8. The van der Waals surface area contributed by atoms with Gasteiger partial charge in [-0.3, -0.25) is 9.89 Å². The maximum atomic E-state index is 13.6. The highest BCUT2D eigenvalue weighted by Crippen LogP contribution is 2.24. The van der Waals surface area contributed by atoms with Gasteiger partial charge in [0.05, 0.1) is 10.9 Å². The molecule has 5 nitrogen and oxygen atoms in total. The molecule has 0 saturated heterocycles. The van der Waals surface area contributed by atoms with E-state index >= 15 is 0 Å². The minimum Gasteiger partial charge on any atom is -0.330 e. The lowest BCUT2D eigenvalue weighted by Gasteiger charge is -2.15. The van der Waals surface area contributed by atoms with Gasteiger partial charge in [-0.25, -0.2) is 4.39 Å². The van der Waals surface area contributed by atoms with Gasteiger partial charge in [0.1, 0.15) is 11.3 Å². The molecule has 1 aromatic carbocycles. The summed E-state index contributed by atoms with van der Waals surface area (Å²) in [5, 5.41) is 8.12. The van der Waals surface area contributed by atoms with Crippen molar-refractivity contribution in [1.82, 2.24) is 14.8 Å². The van der Waals surface area contributed by atoms with Gasteiger partial charge in [0.25, 0.3) is 5.56 Å². The van der Waals surface area contributed by atoms with E-state index in [9.17, 15) is 9.18 Å². The van der Waals surface area contributed by atoms with Gasteiger partial charge in [-0.05, 0) is 37.6 Å². The normalized spacial score (nSPS) is 13.1. The molecule has 0 bridgehead atoms. The summed E-state index contributed by atoms with van der Waals surface area (Å²) in [4.78, 5) is 12.7. The third kappa shape index (κ3) is 2.12. The Balaban J connectivity index is 2.45. The molecule has 6 heteroatoms. The van der Waals surface area contributed by atoms with E-state index < -0.39 is 0 Å². The molecule has 0 aliphatic heterocycles. The van der Waals surface area contributed by atoms with Crippen molar-refractivity contribution in [2.24, 2.45) is 11.7 Å². The van der Waals surface area contributed by atoms with Crippen LogP contribution in [-0.4, -0.2) is 21.3 Å². The van der Waals surface area contributed by atoms with Crippen molar-refractivity contribution in [1.29, 1.82) is 0 Å². The van der Waals surface area contributed by atoms with Crippen LogP contribution >= 0.6 is 0 Å². The SMILES string of the molecule is Cc1[nH]nc2c1c(=O)n(CC(C)CN)c1ccc(F)cc21. The van der Waals surface area contributed by atoms with Crippen LogP contribution in [0.4, 0.5) is 4.39 Å². The number of hydrogen-bond donors (Lipinski definition) is 2. The van der Waals surface area contributed by atoms with Crippen LogP contribution in [0.1, 0.15) is 12.6 Å². The van der Waals surface area contributed by atoms with Crippen molar-refractivity contribution < 1.29 is 4.39 Å². The second kappa shape index (κ2) is 4.96. The molecule has 1 atom stereocenters. The van der Waals surface area contributed by atoms with Crippen LogP contribution in [0.5, 0.6) is 0 Å². The fourth-order valence-corrected chi connectivity index (χ4v) is 2.63. The van der Waals surface area contributed by atoms with Crippen LogP contribution in [0.15, 0.2) is 23.0 Å². The average molecular weight is 288 g/mol. The molecule has 0 saturated carbocycles. The molecule has 0 amide bonds. The topological polar surface area (TPSA) is 76.7 Å². The van der Waals surface area contributed by atoms with Crippen molar-refractivity contribution in [2.75, 3.05) is 6.54 Å². The van der Waals surface area contributed by atoms with Crippen molar-refractivity contribution in [3.63, 3.8) is 0 Å². The van der Waals surface area contributed by atoms with Gasteiger partial charge in [0.2, 0.25) is 0 Å². The van der Waals surface area contributed by atoms with Gasteiger partial charge >= 0.3 is 0 Å². The molecule has 0 fully saturated rings. The second-order valence-corrected chi connectivity index (χ2v) is 5.49. The summed E-state index contributed by atoms with van der Waals surface area (Å²) >= 11 is 0. The Labute approximate surface area is 120 Å². The third-order valence-electron chi connectivity index (χ3n) is 3.81. The zero-order valence-corrected chi connectivity index (χ0v) is 12.0. The van der Waals surface area contributed by atoms with E-state index in [4.69, 9.17) is 5.73 Å². The zero-order chi connectivity index (χ0) is 15.1. The van der Waals surface area contributed by atoms with Crippen LogP contribution < -0.4 is 11.3 Å². The minimum absolute atomic E-state index is 0.115. The van der Waals surface area contributed by atoms with E-state index in [-0.39, 0.29) is 17.3 Å². The highest BCUT2D eigenvalue weighted by atomic mass is 19.1. The summed E-state index contributed by atoms with van der Waals surface area (Å²) in [7, 11) is 0. The lowest BCUT2D eigenvalue weighted by molar-refractivity contribution is 0.494. The summed E-state index contributed by atoms with van der Waals surface area (Å²) in [5.74, 6) is -0.192. The number of hydrogen-bond acceptors (Lipinski definition) is 3. The maximum Gasteiger partial charge on any atom is 0.262 e. The molecule has 0 spiro atoms. The molecule has 3 rings (SSSR count). The lowest BCUT2D eigenvalue weighted by atomic mass is 10.1. The van der Waals surface area contributed by atoms with E-state index in [1.54, 1.807) is 17.6 Å². The first-order valence-corrected chi connectivity index (χ1v) is 6.89. The van der Waals surface area contributed by atoms with Gasteiger partial charge in [0, 0.05) is 17.6 Å². The Morgan fingerprint density at radius 2 is 2.24 bits per heavy atom. The second-order valence-electron chi connectivity index (χ2n) is 5.49. The number of benzene rings is 1. The van der Waals surface area contributed by atoms with E-state index in [1.165, 1.54) is 12.1 Å². The number of halogens is 1. The number of aromatic nitrogens is 3. The minimum atomic E-state index is -0.346. The molecule has 2 heterocycles. The van der Waals surface area contributed by atoms with Gasteiger partial charge in [0.15, 0.2) is 0 Å². The molecule has 0 radical (unpaired) electrons. The Morgan fingerprint density at radius 1 is 1.48 bits per heavy atom. The fourth-order valence-electron chi connectivity index (χ4n) is 2.63. The highest BCUT2D eigenvalue weighted by molar-refractivity contribution is 6.03. The fraction of sp³-hybridized carbons (Fsp3) is 0.333.